The summed E-state index contributed by atoms with van der Waals surface area (Å²) in [4.78, 5) is 13.9. The van der Waals surface area contributed by atoms with Crippen LogP contribution in [-0.2, 0) is 11.2 Å². The van der Waals surface area contributed by atoms with Crippen molar-refractivity contribution in [2.75, 3.05) is 7.05 Å². The molecule has 3 heteroatoms. The molecule has 2 N–H and O–H groups in total. The Morgan fingerprint density at radius 1 is 1.30 bits per heavy atom. The maximum atomic E-state index is 12.0. The maximum Gasteiger partial charge on any atom is 0.222 e. The van der Waals surface area contributed by atoms with Gasteiger partial charge in [0, 0.05) is 19.5 Å². The van der Waals surface area contributed by atoms with Crippen LogP contribution >= 0.6 is 0 Å². The van der Waals surface area contributed by atoms with Crippen molar-refractivity contribution in [2.24, 2.45) is 11.7 Å². The highest BCUT2D eigenvalue weighted by Gasteiger charge is 2.30. The first-order valence-corrected chi connectivity index (χ1v) is 7.59. The number of carbonyl (C=O) groups is 1. The van der Waals surface area contributed by atoms with Crippen molar-refractivity contribution in [3.8, 4) is 0 Å². The third kappa shape index (κ3) is 3.40. The lowest BCUT2D eigenvalue weighted by molar-refractivity contribution is -0.131. The minimum Gasteiger partial charge on any atom is -0.337 e. The first kappa shape index (κ1) is 15.0. The van der Waals surface area contributed by atoms with Crippen molar-refractivity contribution in [2.45, 2.75) is 51.6 Å². The predicted octanol–water partition coefficient (Wildman–Crippen LogP) is 2.90. The lowest BCUT2D eigenvalue weighted by Crippen LogP contribution is -2.39. The smallest absolute Gasteiger partial charge is 0.222 e. The average Bonchev–Trinajstić information content (AvgIpc) is 2.51. The standard InChI is InChI=1S/C17H26N2O/c1-12(2)11-13-7-9-14(10-8-13)17-15(18)5-4-6-16(20)19(17)3/h7-10,12,15,17H,4-6,11,18H2,1-3H3. The zero-order valence-electron chi connectivity index (χ0n) is 12.8. The van der Waals surface area contributed by atoms with Gasteiger partial charge in [0.2, 0.25) is 5.91 Å². The fraction of sp³-hybridized carbons (Fsp3) is 0.588. The van der Waals surface area contributed by atoms with Crippen LogP contribution in [0.5, 0.6) is 0 Å². The predicted molar refractivity (Wildman–Crippen MR) is 82.3 cm³/mol. The largest absolute Gasteiger partial charge is 0.337 e. The van der Waals surface area contributed by atoms with E-state index in [2.05, 4.69) is 38.1 Å². The van der Waals surface area contributed by atoms with Gasteiger partial charge >= 0.3 is 0 Å². The number of likely N-dealkylation sites (N-methyl/N-ethyl adjacent to an activating group) is 1. The van der Waals surface area contributed by atoms with Gasteiger partial charge in [-0.1, -0.05) is 38.1 Å². The van der Waals surface area contributed by atoms with Crippen molar-refractivity contribution < 1.29 is 4.79 Å². The fourth-order valence-corrected chi connectivity index (χ4v) is 3.06. The summed E-state index contributed by atoms with van der Waals surface area (Å²) >= 11 is 0. The minimum absolute atomic E-state index is 0.0121. The number of nitrogens with zero attached hydrogens (tertiary/aromatic N) is 1. The van der Waals surface area contributed by atoms with E-state index in [-0.39, 0.29) is 18.0 Å². The van der Waals surface area contributed by atoms with Crippen LogP contribution in [-0.4, -0.2) is 23.9 Å². The minimum atomic E-state index is 0.0121. The fourth-order valence-electron chi connectivity index (χ4n) is 3.06. The Bertz CT molecular complexity index is 453. The zero-order chi connectivity index (χ0) is 14.7. The SMILES string of the molecule is CC(C)Cc1ccc(C2C(N)CCCC(=O)N2C)cc1. The number of amides is 1. The molecular formula is C17H26N2O. The highest BCUT2D eigenvalue weighted by molar-refractivity contribution is 5.76. The summed E-state index contributed by atoms with van der Waals surface area (Å²) in [6, 6.07) is 8.66. The molecule has 1 aromatic rings. The zero-order valence-corrected chi connectivity index (χ0v) is 12.8. The van der Waals surface area contributed by atoms with Crippen LogP contribution in [0.4, 0.5) is 0 Å². The van der Waals surface area contributed by atoms with Gasteiger partial charge in [0.1, 0.15) is 0 Å². The van der Waals surface area contributed by atoms with Gasteiger partial charge in [0.05, 0.1) is 6.04 Å². The maximum absolute atomic E-state index is 12.0. The Kier molecular flexibility index (Phi) is 4.81. The summed E-state index contributed by atoms with van der Waals surface area (Å²) in [5.74, 6) is 0.861. The van der Waals surface area contributed by atoms with Crippen LogP contribution in [0.25, 0.3) is 0 Å². The topological polar surface area (TPSA) is 46.3 Å². The molecule has 2 rings (SSSR count). The van der Waals surface area contributed by atoms with Crippen LogP contribution in [0.2, 0.25) is 0 Å². The monoisotopic (exact) mass is 274 g/mol. The molecule has 1 fully saturated rings. The molecule has 20 heavy (non-hydrogen) atoms. The van der Waals surface area contributed by atoms with Crippen molar-refractivity contribution in [1.82, 2.24) is 4.90 Å². The molecule has 0 bridgehead atoms. The quantitative estimate of drug-likeness (QED) is 0.921. The van der Waals surface area contributed by atoms with E-state index in [1.165, 1.54) is 5.56 Å². The summed E-state index contributed by atoms with van der Waals surface area (Å²) in [5, 5.41) is 0. The van der Waals surface area contributed by atoms with Crippen molar-refractivity contribution in [3.63, 3.8) is 0 Å². The van der Waals surface area contributed by atoms with Gasteiger partial charge in [-0.2, -0.15) is 0 Å². The van der Waals surface area contributed by atoms with Gasteiger partial charge in [-0.05, 0) is 36.3 Å². The Morgan fingerprint density at radius 2 is 1.95 bits per heavy atom. The molecule has 0 radical (unpaired) electrons. The van der Waals surface area contributed by atoms with E-state index in [0.717, 1.165) is 24.8 Å². The molecule has 0 spiro atoms. The first-order chi connectivity index (χ1) is 9.49. The second-order valence-electron chi connectivity index (χ2n) is 6.35. The van der Waals surface area contributed by atoms with Crippen molar-refractivity contribution in [3.05, 3.63) is 35.4 Å². The number of nitrogens with two attached hydrogens (primary N) is 1. The van der Waals surface area contributed by atoms with Gasteiger partial charge in [-0.15, -0.1) is 0 Å². The Morgan fingerprint density at radius 3 is 2.55 bits per heavy atom. The molecule has 1 saturated heterocycles. The van der Waals surface area contributed by atoms with Gasteiger partial charge < -0.3 is 10.6 Å². The Balaban J connectivity index is 2.21. The van der Waals surface area contributed by atoms with Gasteiger partial charge in [-0.3, -0.25) is 4.79 Å². The molecule has 1 amide bonds. The second-order valence-corrected chi connectivity index (χ2v) is 6.35. The molecule has 2 atom stereocenters. The van der Waals surface area contributed by atoms with E-state index in [1.54, 1.807) is 0 Å². The molecule has 110 valence electrons. The van der Waals surface area contributed by atoms with Gasteiger partial charge in [0.15, 0.2) is 0 Å². The van der Waals surface area contributed by atoms with E-state index in [1.807, 2.05) is 11.9 Å². The molecular weight excluding hydrogens is 248 g/mol. The third-order valence-corrected chi connectivity index (χ3v) is 4.11. The van der Waals surface area contributed by atoms with Crippen molar-refractivity contribution >= 4 is 5.91 Å². The van der Waals surface area contributed by atoms with Crippen LogP contribution in [0.3, 0.4) is 0 Å². The molecule has 1 aliphatic heterocycles. The summed E-state index contributed by atoms with van der Waals surface area (Å²) in [6.07, 6.45) is 3.51. The third-order valence-electron chi connectivity index (χ3n) is 4.11. The molecule has 0 saturated carbocycles. The normalized spacial score (nSPS) is 24.1. The number of carbonyl (C=O) groups excluding carboxylic acids is 1. The van der Waals surface area contributed by atoms with Gasteiger partial charge in [-0.25, -0.2) is 0 Å². The highest BCUT2D eigenvalue weighted by Crippen LogP contribution is 2.29. The second kappa shape index (κ2) is 6.40. The number of hydrogen-bond acceptors (Lipinski definition) is 2. The number of rotatable bonds is 3. The molecule has 1 aliphatic rings. The molecule has 0 aliphatic carbocycles. The average molecular weight is 274 g/mol. The lowest BCUT2D eigenvalue weighted by Gasteiger charge is -2.31. The molecule has 0 aromatic heterocycles. The number of benzene rings is 1. The van der Waals surface area contributed by atoms with E-state index >= 15 is 0 Å². The van der Waals surface area contributed by atoms with E-state index in [0.29, 0.717) is 12.3 Å². The van der Waals surface area contributed by atoms with Crippen LogP contribution < -0.4 is 5.73 Å². The molecule has 3 nitrogen and oxygen atoms in total. The van der Waals surface area contributed by atoms with Crippen molar-refractivity contribution in [1.29, 1.82) is 0 Å². The van der Waals surface area contributed by atoms with Crippen LogP contribution in [0, 0.1) is 5.92 Å². The Hall–Kier alpha value is -1.35. The number of hydrogen-bond donors (Lipinski definition) is 1. The van der Waals surface area contributed by atoms with Gasteiger partial charge in [0.25, 0.3) is 0 Å². The molecule has 1 heterocycles. The van der Waals surface area contributed by atoms with E-state index in [4.69, 9.17) is 5.73 Å². The summed E-state index contributed by atoms with van der Waals surface area (Å²) in [7, 11) is 1.88. The van der Waals surface area contributed by atoms with E-state index in [9.17, 15) is 4.79 Å². The van der Waals surface area contributed by atoms with E-state index < -0.39 is 0 Å². The lowest BCUT2D eigenvalue weighted by atomic mass is 9.94. The number of likely N-dealkylation sites (tertiary alicyclic amines) is 1. The summed E-state index contributed by atoms with van der Waals surface area (Å²) in [6.45, 7) is 4.45. The van der Waals surface area contributed by atoms with Crippen LogP contribution in [0.1, 0.15) is 50.3 Å². The summed E-state index contributed by atoms with van der Waals surface area (Å²) < 4.78 is 0. The molecule has 1 aromatic carbocycles. The van der Waals surface area contributed by atoms with Crippen LogP contribution in [0.15, 0.2) is 24.3 Å². The Labute approximate surface area is 122 Å². The molecule has 2 unspecified atom stereocenters. The first-order valence-electron chi connectivity index (χ1n) is 7.59. The highest BCUT2D eigenvalue weighted by atomic mass is 16.2. The summed E-state index contributed by atoms with van der Waals surface area (Å²) in [5.41, 5.74) is 8.79.